The first-order chi connectivity index (χ1) is 8.36. The number of hydrogen-bond acceptors (Lipinski definition) is 4. The van der Waals surface area contributed by atoms with Crippen LogP contribution in [0.5, 0.6) is 5.75 Å². The van der Waals surface area contributed by atoms with Crippen molar-refractivity contribution in [3.8, 4) is 5.75 Å². The number of carbonyl (C=O) groups is 1. The molecule has 5 heteroatoms. The number of β-amino-alcohol motifs (C(OH)–C–C–N with tert-alkyl or cyclic N) is 1. The Morgan fingerprint density at radius 2 is 2.22 bits per heavy atom. The van der Waals surface area contributed by atoms with Crippen molar-refractivity contribution in [2.75, 3.05) is 13.7 Å². The lowest BCUT2D eigenvalue weighted by molar-refractivity contribution is -0.123. The van der Waals surface area contributed by atoms with Crippen LogP contribution in [-0.4, -0.2) is 30.2 Å². The van der Waals surface area contributed by atoms with Gasteiger partial charge in [0.2, 0.25) is 5.91 Å². The van der Waals surface area contributed by atoms with E-state index in [1.165, 1.54) is 0 Å². The van der Waals surface area contributed by atoms with Gasteiger partial charge in [-0.15, -0.1) is 0 Å². The molecule has 0 aliphatic carbocycles. The predicted molar refractivity (Wildman–Crippen MR) is 69.2 cm³/mol. The molecule has 0 radical (unpaired) electrons. The van der Waals surface area contributed by atoms with Crippen LogP contribution < -0.4 is 15.8 Å². The molecule has 0 aliphatic rings. The van der Waals surface area contributed by atoms with Gasteiger partial charge in [0.25, 0.3) is 0 Å². The molecular weight excluding hydrogens is 232 g/mol. The second-order valence-electron chi connectivity index (χ2n) is 4.66. The van der Waals surface area contributed by atoms with Gasteiger partial charge in [-0.25, -0.2) is 0 Å². The van der Waals surface area contributed by atoms with E-state index in [0.717, 1.165) is 5.56 Å². The van der Waals surface area contributed by atoms with Crippen LogP contribution in [0.25, 0.3) is 0 Å². The molecule has 18 heavy (non-hydrogen) atoms. The van der Waals surface area contributed by atoms with Crippen molar-refractivity contribution in [1.29, 1.82) is 0 Å². The van der Waals surface area contributed by atoms with Crippen LogP contribution in [0, 0.1) is 0 Å². The van der Waals surface area contributed by atoms with Crippen molar-refractivity contribution in [2.24, 2.45) is 5.73 Å². The summed E-state index contributed by atoms with van der Waals surface area (Å²) in [6, 6.07) is 7.16. The molecule has 1 aromatic rings. The molecule has 0 saturated carbocycles. The summed E-state index contributed by atoms with van der Waals surface area (Å²) in [7, 11) is 1.57. The van der Waals surface area contributed by atoms with E-state index in [2.05, 4.69) is 5.32 Å². The average Bonchev–Trinajstić information content (AvgIpc) is 2.36. The zero-order valence-corrected chi connectivity index (χ0v) is 10.9. The number of rotatable bonds is 6. The number of benzene rings is 1. The van der Waals surface area contributed by atoms with Crippen molar-refractivity contribution in [1.82, 2.24) is 5.32 Å². The molecule has 1 amide bonds. The number of aliphatic hydroxyl groups is 1. The fourth-order valence-corrected chi connectivity index (χ4v) is 1.41. The highest BCUT2D eigenvalue weighted by Gasteiger charge is 2.25. The third kappa shape index (κ3) is 3.72. The van der Waals surface area contributed by atoms with E-state index in [4.69, 9.17) is 10.5 Å². The SMILES string of the molecule is COc1cccc(C(O)CNC(C)(C)C(N)=O)c1. The largest absolute Gasteiger partial charge is 0.497 e. The Labute approximate surface area is 107 Å². The topological polar surface area (TPSA) is 84.6 Å². The minimum atomic E-state index is -0.847. The molecule has 0 heterocycles. The van der Waals surface area contributed by atoms with E-state index in [1.54, 1.807) is 45.2 Å². The van der Waals surface area contributed by atoms with Gasteiger partial charge in [-0.05, 0) is 31.5 Å². The standard InChI is InChI=1S/C13H20N2O3/c1-13(2,12(14)17)15-8-11(16)9-5-4-6-10(7-9)18-3/h4-7,11,15-16H,8H2,1-3H3,(H2,14,17). The Kier molecular flexibility index (Phi) is 4.69. The van der Waals surface area contributed by atoms with Crippen LogP contribution >= 0.6 is 0 Å². The highest BCUT2D eigenvalue weighted by Crippen LogP contribution is 2.19. The Morgan fingerprint density at radius 3 is 2.78 bits per heavy atom. The van der Waals surface area contributed by atoms with Crippen LogP contribution in [0.15, 0.2) is 24.3 Å². The van der Waals surface area contributed by atoms with Gasteiger partial charge in [0.05, 0.1) is 18.8 Å². The first-order valence-corrected chi connectivity index (χ1v) is 5.74. The minimum absolute atomic E-state index is 0.239. The fourth-order valence-electron chi connectivity index (χ4n) is 1.41. The van der Waals surface area contributed by atoms with Crippen LogP contribution in [0.1, 0.15) is 25.5 Å². The summed E-state index contributed by atoms with van der Waals surface area (Å²) in [5.74, 6) is 0.223. The van der Waals surface area contributed by atoms with Gasteiger partial charge >= 0.3 is 0 Å². The lowest BCUT2D eigenvalue weighted by Crippen LogP contribution is -2.51. The Bertz CT molecular complexity index is 418. The summed E-state index contributed by atoms with van der Waals surface area (Å²) in [5, 5.41) is 12.9. The molecule has 100 valence electrons. The van der Waals surface area contributed by atoms with Crippen LogP contribution in [0.2, 0.25) is 0 Å². The third-order valence-electron chi connectivity index (χ3n) is 2.83. The molecule has 0 spiro atoms. The van der Waals surface area contributed by atoms with Gasteiger partial charge in [0.1, 0.15) is 5.75 Å². The lowest BCUT2D eigenvalue weighted by atomic mass is 10.0. The van der Waals surface area contributed by atoms with Crippen molar-refractivity contribution < 1.29 is 14.6 Å². The van der Waals surface area contributed by atoms with Gasteiger partial charge < -0.3 is 20.9 Å². The summed E-state index contributed by atoms with van der Waals surface area (Å²) in [4.78, 5) is 11.1. The molecule has 5 nitrogen and oxygen atoms in total. The summed E-state index contributed by atoms with van der Waals surface area (Å²) in [6.45, 7) is 3.59. The zero-order valence-electron chi connectivity index (χ0n) is 10.9. The number of nitrogens with two attached hydrogens (primary N) is 1. The zero-order chi connectivity index (χ0) is 13.8. The van der Waals surface area contributed by atoms with Crippen LogP contribution in [0.3, 0.4) is 0 Å². The van der Waals surface area contributed by atoms with Gasteiger partial charge in [-0.2, -0.15) is 0 Å². The molecule has 4 N–H and O–H groups in total. The minimum Gasteiger partial charge on any atom is -0.497 e. The monoisotopic (exact) mass is 252 g/mol. The van der Waals surface area contributed by atoms with E-state index >= 15 is 0 Å². The fraction of sp³-hybridized carbons (Fsp3) is 0.462. The Morgan fingerprint density at radius 1 is 1.56 bits per heavy atom. The third-order valence-corrected chi connectivity index (χ3v) is 2.83. The summed E-state index contributed by atoms with van der Waals surface area (Å²) in [6.07, 6.45) is -0.723. The van der Waals surface area contributed by atoms with Crippen molar-refractivity contribution >= 4 is 5.91 Å². The number of primary amides is 1. The quantitative estimate of drug-likeness (QED) is 0.691. The van der Waals surface area contributed by atoms with E-state index in [-0.39, 0.29) is 6.54 Å². The lowest BCUT2D eigenvalue weighted by Gasteiger charge is -2.24. The first-order valence-electron chi connectivity index (χ1n) is 5.74. The van der Waals surface area contributed by atoms with Gasteiger partial charge in [0, 0.05) is 6.54 Å². The van der Waals surface area contributed by atoms with E-state index < -0.39 is 17.6 Å². The molecular formula is C13H20N2O3. The van der Waals surface area contributed by atoms with E-state index in [0.29, 0.717) is 5.75 Å². The van der Waals surface area contributed by atoms with Gasteiger partial charge in [-0.1, -0.05) is 12.1 Å². The number of nitrogens with one attached hydrogen (secondary N) is 1. The van der Waals surface area contributed by atoms with Crippen molar-refractivity contribution in [2.45, 2.75) is 25.5 Å². The summed E-state index contributed by atoms with van der Waals surface area (Å²) in [5.41, 5.74) is 5.11. The first kappa shape index (κ1) is 14.5. The smallest absolute Gasteiger partial charge is 0.237 e. The molecule has 0 aromatic heterocycles. The molecule has 1 aromatic carbocycles. The predicted octanol–water partition coefficient (Wildman–Crippen LogP) is 0.582. The number of hydrogen-bond donors (Lipinski definition) is 3. The molecule has 0 aliphatic heterocycles. The van der Waals surface area contributed by atoms with Gasteiger partial charge in [-0.3, -0.25) is 4.79 Å². The van der Waals surface area contributed by atoms with Crippen molar-refractivity contribution in [3.05, 3.63) is 29.8 Å². The number of methoxy groups -OCH3 is 1. The normalized spacial score (nSPS) is 13.1. The molecule has 0 saturated heterocycles. The number of aliphatic hydroxyl groups excluding tert-OH is 1. The highest BCUT2D eigenvalue weighted by molar-refractivity contribution is 5.83. The number of ether oxygens (including phenoxy) is 1. The van der Waals surface area contributed by atoms with Crippen molar-refractivity contribution in [3.63, 3.8) is 0 Å². The maximum Gasteiger partial charge on any atom is 0.237 e. The highest BCUT2D eigenvalue weighted by atomic mass is 16.5. The number of carbonyl (C=O) groups excluding carboxylic acids is 1. The molecule has 0 bridgehead atoms. The summed E-state index contributed by atoms with van der Waals surface area (Å²) >= 11 is 0. The number of amides is 1. The summed E-state index contributed by atoms with van der Waals surface area (Å²) < 4.78 is 5.08. The molecule has 1 rings (SSSR count). The maximum absolute atomic E-state index is 11.1. The second kappa shape index (κ2) is 5.84. The van der Waals surface area contributed by atoms with Crippen LogP contribution in [-0.2, 0) is 4.79 Å². The Hall–Kier alpha value is -1.59. The maximum atomic E-state index is 11.1. The van der Waals surface area contributed by atoms with Crippen LogP contribution in [0.4, 0.5) is 0 Å². The van der Waals surface area contributed by atoms with E-state index in [9.17, 15) is 9.90 Å². The van der Waals surface area contributed by atoms with Gasteiger partial charge in [0.15, 0.2) is 0 Å². The molecule has 1 atom stereocenters. The second-order valence-corrected chi connectivity index (χ2v) is 4.66. The molecule has 0 fully saturated rings. The Balaban J connectivity index is 2.65. The molecule has 1 unspecified atom stereocenters. The average molecular weight is 252 g/mol. The van der Waals surface area contributed by atoms with E-state index in [1.807, 2.05) is 0 Å².